The fourth-order valence-electron chi connectivity index (χ4n) is 5.12. The maximum Gasteiger partial charge on any atom is 0.264 e. The van der Waals surface area contributed by atoms with Gasteiger partial charge < -0.3 is 15.0 Å². The van der Waals surface area contributed by atoms with Gasteiger partial charge in [-0.25, -0.2) is 8.42 Å². The minimum absolute atomic E-state index is 0.0308. The zero-order valence-electron chi connectivity index (χ0n) is 24.3. The van der Waals surface area contributed by atoms with Crippen LogP contribution in [0.3, 0.4) is 0 Å². The number of carbonyl (C=O) groups excluding carboxylic acids is 2. The van der Waals surface area contributed by atoms with E-state index in [4.69, 9.17) is 16.3 Å². The Morgan fingerprint density at radius 3 is 2.36 bits per heavy atom. The first kappa shape index (κ1) is 31.4. The number of halogens is 1. The second kappa shape index (κ2) is 14.1. The number of anilines is 1. The van der Waals surface area contributed by atoms with Crippen molar-refractivity contribution in [1.82, 2.24) is 10.2 Å². The Labute approximate surface area is 253 Å². The molecule has 0 spiro atoms. The fourth-order valence-corrected chi connectivity index (χ4v) is 6.84. The number of nitrogens with one attached hydrogen (secondary N) is 1. The number of methoxy groups -OCH3 is 1. The number of ether oxygens (including phenoxy) is 1. The molecule has 1 atom stereocenters. The predicted molar refractivity (Wildman–Crippen MR) is 165 cm³/mol. The highest BCUT2D eigenvalue weighted by atomic mass is 35.5. The van der Waals surface area contributed by atoms with Gasteiger partial charge in [-0.05, 0) is 68.7 Å². The standard InChI is InChI=1S/C32H38ClN3O5S/c1-23-16-18-28(19-17-23)42(39,40)36(30-15-8-7-14-29(30)33)22-31(37)35(21-25-10-9-13-27(20-25)41-3)24(2)32(38)34-26-11-5-4-6-12-26/h7-10,13-20,24,26H,4-6,11-12,21-22H2,1-3H3,(H,34,38)/t24-/m1/s1. The molecular formula is C32H38ClN3O5S. The topological polar surface area (TPSA) is 96.0 Å². The molecule has 0 unspecified atom stereocenters. The third kappa shape index (κ3) is 7.63. The van der Waals surface area contributed by atoms with Crippen LogP contribution in [0.15, 0.2) is 77.7 Å². The van der Waals surface area contributed by atoms with Crippen molar-refractivity contribution in [3.8, 4) is 5.75 Å². The van der Waals surface area contributed by atoms with Crippen molar-refractivity contribution in [2.45, 2.75) is 69.5 Å². The molecule has 1 aliphatic carbocycles. The Kier molecular flexibility index (Phi) is 10.5. The van der Waals surface area contributed by atoms with Gasteiger partial charge in [0.2, 0.25) is 11.8 Å². The second-order valence-electron chi connectivity index (χ2n) is 10.7. The van der Waals surface area contributed by atoms with Crippen LogP contribution in [0.5, 0.6) is 5.75 Å². The summed E-state index contributed by atoms with van der Waals surface area (Å²) in [4.78, 5) is 29.0. The number of hydrogen-bond acceptors (Lipinski definition) is 5. The van der Waals surface area contributed by atoms with Gasteiger partial charge in [0.05, 0.1) is 22.7 Å². The van der Waals surface area contributed by atoms with E-state index in [1.54, 1.807) is 62.6 Å². The third-order valence-electron chi connectivity index (χ3n) is 7.61. The summed E-state index contributed by atoms with van der Waals surface area (Å²) in [5, 5.41) is 3.29. The minimum Gasteiger partial charge on any atom is -0.497 e. The van der Waals surface area contributed by atoms with E-state index in [1.165, 1.54) is 17.0 Å². The molecule has 4 rings (SSSR count). The van der Waals surface area contributed by atoms with Crippen molar-refractivity contribution in [2.24, 2.45) is 0 Å². The van der Waals surface area contributed by atoms with Crippen LogP contribution >= 0.6 is 11.6 Å². The van der Waals surface area contributed by atoms with Gasteiger partial charge in [-0.3, -0.25) is 13.9 Å². The van der Waals surface area contributed by atoms with E-state index in [2.05, 4.69) is 5.32 Å². The van der Waals surface area contributed by atoms with Gasteiger partial charge in [-0.1, -0.05) is 72.8 Å². The Morgan fingerprint density at radius 1 is 1.00 bits per heavy atom. The summed E-state index contributed by atoms with van der Waals surface area (Å²) < 4.78 is 34.3. The number of para-hydroxylation sites is 1. The lowest BCUT2D eigenvalue weighted by Gasteiger charge is -2.33. The van der Waals surface area contributed by atoms with Crippen molar-refractivity contribution in [3.05, 3.63) is 88.9 Å². The van der Waals surface area contributed by atoms with Gasteiger partial charge in [0.25, 0.3) is 10.0 Å². The van der Waals surface area contributed by atoms with Gasteiger partial charge >= 0.3 is 0 Å². The monoisotopic (exact) mass is 611 g/mol. The smallest absolute Gasteiger partial charge is 0.264 e. The molecule has 0 aromatic heterocycles. The van der Waals surface area contributed by atoms with Crippen LogP contribution < -0.4 is 14.4 Å². The van der Waals surface area contributed by atoms with E-state index in [0.29, 0.717) is 5.75 Å². The molecule has 3 aromatic rings. The average Bonchev–Trinajstić information content (AvgIpc) is 2.99. The maximum atomic E-state index is 14.1. The van der Waals surface area contributed by atoms with Gasteiger partial charge in [-0.15, -0.1) is 0 Å². The highest BCUT2D eigenvalue weighted by molar-refractivity contribution is 7.92. The van der Waals surface area contributed by atoms with Crippen LogP contribution in [0, 0.1) is 6.92 Å². The van der Waals surface area contributed by atoms with Crippen molar-refractivity contribution in [1.29, 1.82) is 0 Å². The van der Waals surface area contributed by atoms with Gasteiger partial charge in [0, 0.05) is 12.6 Å². The van der Waals surface area contributed by atoms with Crippen molar-refractivity contribution >= 4 is 39.1 Å². The quantitative estimate of drug-likeness (QED) is 0.299. The molecule has 0 aliphatic heterocycles. The molecule has 3 aromatic carbocycles. The van der Waals surface area contributed by atoms with Crippen molar-refractivity contribution in [3.63, 3.8) is 0 Å². The number of rotatable bonds is 11. The molecule has 0 saturated heterocycles. The van der Waals surface area contributed by atoms with Crippen molar-refractivity contribution in [2.75, 3.05) is 18.0 Å². The number of aryl methyl sites for hydroxylation is 1. The summed E-state index contributed by atoms with van der Waals surface area (Å²) in [6.07, 6.45) is 5.05. The molecule has 2 amide bonds. The zero-order chi connectivity index (χ0) is 30.3. The molecular weight excluding hydrogens is 574 g/mol. The molecule has 1 saturated carbocycles. The first-order chi connectivity index (χ1) is 20.1. The number of benzene rings is 3. The summed E-state index contributed by atoms with van der Waals surface area (Å²) in [6.45, 7) is 3.06. The average molecular weight is 612 g/mol. The highest BCUT2D eigenvalue weighted by Crippen LogP contribution is 2.31. The Balaban J connectivity index is 1.69. The summed E-state index contributed by atoms with van der Waals surface area (Å²) in [7, 11) is -2.64. The number of nitrogens with zero attached hydrogens (tertiary/aromatic N) is 2. The van der Waals surface area contributed by atoms with Crippen LogP contribution in [0.1, 0.15) is 50.2 Å². The summed E-state index contributed by atoms with van der Waals surface area (Å²) >= 11 is 6.48. The second-order valence-corrected chi connectivity index (χ2v) is 12.9. The molecule has 0 heterocycles. The molecule has 1 aliphatic rings. The molecule has 224 valence electrons. The molecule has 0 radical (unpaired) electrons. The van der Waals surface area contributed by atoms with E-state index in [1.807, 2.05) is 19.1 Å². The lowest BCUT2D eigenvalue weighted by molar-refractivity contribution is -0.139. The van der Waals surface area contributed by atoms with Crippen LogP contribution in [-0.2, 0) is 26.2 Å². The van der Waals surface area contributed by atoms with E-state index in [0.717, 1.165) is 47.5 Å². The Bertz CT molecular complexity index is 1490. The normalized spacial score (nSPS) is 14.6. The van der Waals surface area contributed by atoms with E-state index in [9.17, 15) is 18.0 Å². The fraction of sp³-hybridized carbons (Fsp3) is 0.375. The molecule has 8 nitrogen and oxygen atoms in total. The minimum atomic E-state index is -4.19. The first-order valence-corrected chi connectivity index (χ1v) is 16.0. The predicted octanol–water partition coefficient (Wildman–Crippen LogP) is 5.72. The summed E-state index contributed by atoms with van der Waals surface area (Å²) in [5.41, 5.74) is 1.82. The molecule has 1 N–H and O–H groups in total. The zero-order valence-corrected chi connectivity index (χ0v) is 25.8. The van der Waals surface area contributed by atoms with Crippen LogP contribution in [0.4, 0.5) is 5.69 Å². The molecule has 1 fully saturated rings. The lowest BCUT2D eigenvalue weighted by atomic mass is 9.95. The summed E-state index contributed by atoms with van der Waals surface area (Å²) in [5.74, 6) is -0.206. The highest BCUT2D eigenvalue weighted by Gasteiger charge is 2.34. The van der Waals surface area contributed by atoms with Gasteiger partial charge in [-0.2, -0.15) is 0 Å². The number of sulfonamides is 1. The molecule has 0 bridgehead atoms. The third-order valence-corrected chi connectivity index (χ3v) is 9.71. The first-order valence-electron chi connectivity index (χ1n) is 14.2. The SMILES string of the molecule is COc1cccc(CN(C(=O)CN(c2ccccc2Cl)S(=O)(=O)c2ccc(C)cc2)[C@H](C)C(=O)NC2CCCCC2)c1. The Hall–Kier alpha value is -3.56. The van der Waals surface area contributed by atoms with E-state index >= 15 is 0 Å². The van der Waals surface area contributed by atoms with Crippen LogP contribution in [-0.4, -0.2) is 50.9 Å². The molecule has 42 heavy (non-hydrogen) atoms. The lowest BCUT2D eigenvalue weighted by Crippen LogP contribution is -2.53. The van der Waals surface area contributed by atoms with Gasteiger partial charge in [0.15, 0.2) is 0 Å². The Morgan fingerprint density at radius 2 is 1.69 bits per heavy atom. The largest absolute Gasteiger partial charge is 0.497 e. The number of amides is 2. The number of carbonyl (C=O) groups is 2. The van der Waals surface area contributed by atoms with Crippen LogP contribution in [0.25, 0.3) is 0 Å². The van der Waals surface area contributed by atoms with E-state index < -0.39 is 28.5 Å². The van der Waals surface area contributed by atoms with Crippen molar-refractivity contribution < 1.29 is 22.7 Å². The number of hydrogen-bond donors (Lipinski definition) is 1. The maximum absolute atomic E-state index is 14.1. The molecule has 10 heteroatoms. The van der Waals surface area contributed by atoms with E-state index in [-0.39, 0.29) is 34.1 Å². The van der Waals surface area contributed by atoms with Crippen LogP contribution in [0.2, 0.25) is 5.02 Å². The van der Waals surface area contributed by atoms with Gasteiger partial charge in [0.1, 0.15) is 18.3 Å². The summed E-state index contributed by atoms with van der Waals surface area (Å²) in [6, 6.07) is 19.3.